The maximum absolute atomic E-state index is 15.0. The molecule has 6 rings (SSSR count). The Hall–Kier alpha value is -2.97. The molecule has 9 heteroatoms. The first kappa shape index (κ1) is 20.4. The lowest BCUT2D eigenvalue weighted by atomic mass is 9.92. The number of fused-ring (bicyclic) bond motifs is 1. The third-order valence-electron chi connectivity index (χ3n) is 6.57. The van der Waals surface area contributed by atoms with Crippen molar-refractivity contribution in [3.05, 3.63) is 64.2 Å². The standard InChI is InChI=1S/C25H24ClFN6O/c1-13-14(2)30-25-23(29-13)22(19-6-3-17(26)10-20(19)27)31-24(32-25)15-7-8-34-21(9-15)16-11-28-33(12-16)18-4-5-18/h3,6,10-12,15,18,21H,4-5,7-9H2,1-2H3/t15-,21+/m1/s1/i18D. The quantitative estimate of drug-likeness (QED) is 0.375. The van der Waals surface area contributed by atoms with Crippen molar-refractivity contribution < 1.29 is 10.5 Å². The van der Waals surface area contributed by atoms with E-state index in [1.807, 2.05) is 20.0 Å². The number of rotatable bonds is 4. The summed E-state index contributed by atoms with van der Waals surface area (Å²) in [6.07, 6.45) is 6.55. The molecule has 4 aromatic rings. The molecule has 1 aliphatic heterocycles. The molecule has 1 saturated carbocycles. The van der Waals surface area contributed by atoms with E-state index >= 15 is 0 Å². The lowest BCUT2D eigenvalue weighted by Gasteiger charge is -2.28. The summed E-state index contributed by atoms with van der Waals surface area (Å²) in [6, 6.07) is 3.93. The van der Waals surface area contributed by atoms with Gasteiger partial charge in [0, 0.05) is 34.9 Å². The summed E-state index contributed by atoms with van der Waals surface area (Å²) in [5.74, 6) is 0.120. The average Bonchev–Trinajstić information content (AvgIpc) is 3.38. The SMILES string of the molecule is [2H]C1(n2cc([C@@H]3C[C@H](c4nc(-c5ccc(Cl)cc5F)c5nc(C)c(C)nc5n4)CCO3)cn2)CC1. The molecule has 0 radical (unpaired) electrons. The van der Waals surface area contributed by atoms with Crippen LogP contribution in [0.15, 0.2) is 30.6 Å². The highest BCUT2D eigenvalue weighted by Crippen LogP contribution is 2.40. The molecule has 1 aliphatic carbocycles. The number of aromatic nitrogens is 6. The average molecular weight is 480 g/mol. The number of ether oxygens (including phenoxy) is 1. The minimum absolute atomic E-state index is 0.00935. The van der Waals surface area contributed by atoms with Crippen molar-refractivity contribution in [2.75, 3.05) is 6.61 Å². The van der Waals surface area contributed by atoms with Crippen LogP contribution in [0.2, 0.25) is 5.02 Å². The molecular weight excluding hydrogens is 455 g/mol. The van der Waals surface area contributed by atoms with Gasteiger partial charge < -0.3 is 4.74 Å². The van der Waals surface area contributed by atoms with Crippen molar-refractivity contribution in [2.45, 2.75) is 57.6 Å². The molecule has 2 atom stereocenters. The van der Waals surface area contributed by atoms with Crippen LogP contribution in [0.3, 0.4) is 0 Å². The zero-order valence-electron chi connectivity index (χ0n) is 19.9. The fourth-order valence-corrected chi connectivity index (χ4v) is 4.56. The summed E-state index contributed by atoms with van der Waals surface area (Å²) in [4.78, 5) is 18.9. The van der Waals surface area contributed by atoms with E-state index in [9.17, 15) is 4.39 Å². The predicted octanol–water partition coefficient (Wildman–Crippen LogP) is 5.66. The molecule has 0 unspecified atom stereocenters. The lowest BCUT2D eigenvalue weighted by Crippen LogP contribution is -2.20. The molecule has 0 N–H and O–H groups in total. The molecule has 0 amide bonds. The predicted molar refractivity (Wildman–Crippen MR) is 126 cm³/mol. The van der Waals surface area contributed by atoms with Gasteiger partial charge in [-0.3, -0.25) is 4.68 Å². The third-order valence-corrected chi connectivity index (χ3v) is 6.80. The van der Waals surface area contributed by atoms with E-state index in [-0.39, 0.29) is 12.0 Å². The van der Waals surface area contributed by atoms with Gasteiger partial charge in [0.05, 0.1) is 31.1 Å². The van der Waals surface area contributed by atoms with E-state index in [2.05, 4.69) is 15.1 Å². The van der Waals surface area contributed by atoms with Crippen LogP contribution in [-0.4, -0.2) is 36.3 Å². The summed E-state index contributed by atoms with van der Waals surface area (Å²) in [5, 5.41) is 4.72. The van der Waals surface area contributed by atoms with Crippen LogP contribution in [0.4, 0.5) is 4.39 Å². The zero-order chi connectivity index (χ0) is 24.3. The molecule has 0 bridgehead atoms. The number of benzene rings is 1. The minimum atomic E-state index is -0.611. The summed E-state index contributed by atoms with van der Waals surface area (Å²) in [6.45, 7) is 4.29. The van der Waals surface area contributed by atoms with E-state index < -0.39 is 11.8 Å². The molecule has 1 saturated heterocycles. The highest BCUT2D eigenvalue weighted by molar-refractivity contribution is 6.30. The molecule has 2 fully saturated rings. The van der Waals surface area contributed by atoms with Crippen molar-refractivity contribution in [2.24, 2.45) is 0 Å². The maximum atomic E-state index is 15.0. The second-order valence-corrected chi connectivity index (χ2v) is 9.42. The highest BCUT2D eigenvalue weighted by atomic mass is 35.5. The van der Waals surface area contributed by atoms with Gasteiger partial charge in [-0.15, -0.1) is 0 Å². The normalized spacial score (nSPS) is 22.1. The van der Waals surface area contributed by atoms with Crippen molar-refractivity contribution in [3.8, 4) is 11.3 Å². The Morgan fingerprint density at radius 1 is 1.12 bits per heavy atom. The van der Waals surface area contributed by atoms with E-state index in [1.54, 1.807) is 23.0 Å². The highest BCUT2D eigenvalue weighted by Gasteiger charge is 2.31. The van der Waals surface area contributed by atoms with Crippen molar-refractivity contribution >= 4 is 22.8 Å². The van der Waals surface area contributed by atoms with Crippen LogP contribution in [0.1, 0.15) is 67.9 Å². The Balaban J connectivity index is 1.40. The van der Waals surface area contributed by atoms with Gasteiger partial charge in [-0.25, -0.2) is 24.3 Å². The van der Waals surface area contributed by atoms with Crippen LogP contribution in [0.25, 0.3) is 22.4 Å². The van der Waals surface area contributed by atoms with Gasteiger partial charge in [-0.1, -0.05) is 11.6 Å². The van der Waals surface area contributed by atoms with Gasteiger partial charge in [-0.2, -0.15) is 5.10 Å². The van der Waals surface area contributed by atoms with Gasteiger partial charge in [0.2, 0.25) is 0 Å². The summed E-state index contributed by atoms with van der Waals surface area (Å²) < 4.78 is 31.1. The molecule has 3 aromatic heterocycles. The van der Waals surface area contributed by atoms with E-state index in [0.29, 0.717) is 46.3 Å². The molecule has 4 heterocycles. The third kappa shape index (κ3) is 3.95. The lowest BCUT2D eigenvalue weighted by molar-refractivity contribution is 0.00396. The second kappa shape index (κ2) is 8.36. The van der Waals surface area contributed by atoms with Crippen LogP contribution in [0, 0.1) is 19.7 Å². The Bertz CT molecular complexity index is 1460. The van der Waals surface area contributed by atoms with Crippen molar-refractivity contribution in [1.29, 1.82) is 0 Å². The second-order valence-electron chi connectivity index (χ2n) is 8.99. The number of hydrogen-bond acceptors (Lipinski definition) is 6. The summed E-state index contributed by atoms with van der Waals surface area (Å²) >= 11 is 6.00. The Morgan fingerprint density at radius 2 is 1.94 bits per heavy atom. The first-order valence-corrected chi connectivity index (χ1v) is 11.8. The fourth-order valence-electron chi connectivity index (χ4n) is 4.41. The van der Waals surface area contributed by atoms with Gasteiger partial charge in [0.15, 0.2) is 5.65 Å². The van der Waals surface area contributed by atoms with Crippen LogP contribution < -0.4 is 0 Å². The summed E-state index contributed by atoms with van der Waals surface area (Å²) in [5.41, 5.74) is 4.11. The van der Waals surface area contributed by atoms with Gasteiger partial charge >= 0.3 is 0 Å². The molecule has 34 heavy (non-hydrogen) atoms. The summed E-state index contributed by atoms with van der Waals surface area (Å²) in [7, 11) is 0. The smallest absolute Gasteiger partial charge is 0.182 e. The molecule has 1 aromatic carbocycles. The molecule has 2 aliphatic rings. The Labute approximate surface area is 202 Å². The largest absolute Gasteiger partial charge is 0.373 e. The molecule has 0 spiro atoms. The Morgan fingerprint density at radius 3 is 2.74 bits per heavy atom. The Kier molecular flexibility index (Phi) is 5.02. The van der Waals surface area contributed by atoms with Crippen LogP contribution >= 0.6 is 11.6 Å². The van der Waals surface area contributed by atoms with Crippen molar-refractivity contribution in [3.63, 3.8) is 0 Å². The first-order valence-electron chi connectivity index (χ1n) is 12.0. The number of aryl methyl sites for hydroxylation is 2. The monoisotopic (exact) mass is 479 g/mol. The first-order chi connectivity index (χ1) is 16.8. The van der Waals surface area contributed by atoms with E-state index in [0.717, 1.165) is 36.2 Å². The van der Waals surface area contributed by atoms with Crippen LogP contribution in [-0.2, 0) is 4.74 Å². The van der Waals surface area contributed by atoms with E-state index in [1.165, 1.54) is 6.07 Å². The van der Waals surface area contributed by atoms with Gasteiger partial charge in [0.1, 0.15) is 22.9 Å². The minimum Gasteiger partial charge on any atom is -0.373 e. The molecule has 174 valence electrons. The topological polar surface area (TPSA) is 78.6 Å². The van der Waals surface area contributed by atoms with Gasteiger partial charge in [-0.05, 0) is 57.7 Å². The maximum Gasteiger partial charge on any atom is 0.182 e. The zero-order valence-corrected chi connectivity index (χ0v) is 19.7. The number of halogens is 2. The molecular formula is C25H24ClFN6O. The van der Waals surface area contributed by atoms with Crippen LogP contribution in [0.5, 0.6) is 0 Å². The van der Waals surface area contributed by atoms with Crippen molar-refractivity contribution in [1.82, 2.24) is 29.7 Å². The fraction of sp³-hybridized carbons (Fsp3) is 0.400. The van der Waals surface area contributed by atoms with Gasteiger partial charge in [0.25, 0.3) is 0 Å². The number of hydrogen-bond donors (Lipinski definition) is 0. The van der Waals surface area contributed by atoms with E-state index in [4.69, 9.17) is 27.7 Å². The number of nitrogens with zero attached hydrogens (tertiary/aromatic N) is 6. The molecule has 7 nitrogen and oxygen atoms in total.